The standard InChI is InChI=1S/C16H19NO2/c1-18-12-15(13-8-4-3-5-9-13)17-14-10-6-7-11-16(14)19-2/h3-11,15,17H,12H2,1-2H3. The molecule has 0 amide bonds. The first-order valence-corrected chi connectivity index (χ1v) is 6.28. The lowest BCUT2D eigenvalue weighted by molar-refractivity contribution is 0.186. The molecule has 2 rings (SSSR count). The van der Waals surface area contributed by atoms with Gasteiger partial charge < -0.3 is 14.8 Å². The van der Waals surface area contributed by atoms with Crippen LogP contribution >= 0.6 is 0 Å². The zero-order valence-corrected chi connectivity index (χ0v) is 11.3. The number of ether oxygens (including phenoxy) is 2. The van der Waals surface area contributed by atoms with Crippen LogP contribution in [-0.2, 0) is 4.74 Å². The average Bonchev–Trinajstić information content (AvgIpc) is 2.48. The number of para-hydroxylation sites is 2. The Balaban J connectivity index is 2.21. The van der Waals surface area contributed by atoms with Crippen LogP contribution in [0.25, 0.3) is 0 Å². The second-order valence-electron chi connectivity index (χ2n) is 4.26. The molecule has 0 heterocycles. The molecule has 0 saturated carbocycles. The molecule has 0 bridgehead atoms. The number of benzene rings is 2. The molecule has 0 aliphatic rings. The van der Waals surface area contributed by atoms with Gasteiger partial charge in [-0.15, -0.1) is 0 Å². The Kier molecular flexibility index (Phi) is 4.81. The number of hydrogen-bond donors (Lipinski definition) is 1. The molecule has 100 valence electrons. The summed E-state index contributed by atoms with van der Waals surface area (Å²) < 4.78 is 10.7. The van der Waals surface area contributed by atoms with Crippen molar-refractivity contribution in [1.82, 2.24) is 0 Å². The SMILES string of the molecule is COCC(Nc1ccccc1OC)c1ccccc1. The van der Waals surface area contributed by atoms with E-state index in [1.54, 1.807) is 14.2 Å². The Bertz CT molecular complexity index is 499. The lowest BCUT2D eigenvalue weighted by Crippen LogP contribution is -2.16. The highest BCUT2D eigenvalue weighted by Crippen LogP contribution is 2.27. The van der Waals surface area contributed by atoms with Gasteiger partial charge >= 0.3 is 0 Å². The summed E-state index contributed by atoms with van der Waals surface area (Å²) in [7, 11) is 3.38. The normalized spacial score (nSPS) is 11.9. The van der Waals surface area contributed by atoms with Gasteiger partial charge in [0.25, 0.3) is 0 Å². The smallest absolute Gasteiger partial charge is 0.141 e. The van der Waals surface area contributed by atoms with Crippen molar-refractivity contribution >= 4 is 5.69 Å². The molecular weight excluding hydrogens is 238 g/mol. The van der Waals surface area contributed by atoms with Crippen molar-refractivity contribution in [1.29, 1.82) is 0 Å². The van der Waals surface area contributed by atoms with Gasteiger partial charge in [-0.1, -0.05) is 42.5 Å². The van der Waals surface area contributed by atoms with E-state index in [2.05, 4.69) is 17.4 Å². The van der Waals surface area contributed by atoms with Crippen molar-refractivity contribution in [2.24, 2.45) is 0 Å². The van der Waals surface area contributed by atoms with Crippen molar-refractivity contribution in [3.8, 4) is 5.75 Å². The Labute approximate surface area is 114 Å². The molecule has 1 atom stereocenters. The van der Waals surface area contributed by atoms with Crippen LogP contribution in [0.3, 0.4) is 0 Å². The Hall–Kier alpha value is -2.00. The molecule has 0 radical (unpaired) electrons. The molecule has 0 aromatic heterocycles. The number of methoxy groups -OCH3 is 2. The predicted octanol–water partition coefficient (Wildman–Crippen LogP) is 3.49. The van der Waals surface area contributed by atoms with Crippen molar-refractivity contribution < 1.29 is 9.47 Å². The third kappa shape index (κ3) is 3.48. The highest BCUT2D eigenvalue weighted by Gasteiger charge is 2.12. The fourth-order valence-corrected chi connectivity index (χ4v) is 2.02. The molecule has 3 nitrogen and oxygen atoms in total. The Morgan fingerprint density at radius 1 is 0.947 bits per heavy atom. The second kappa shape index (κ2) is 6.81. The van der Waals surface area contributed by atoms with Gasteiger partial charge in [0, 0.05) is 7.11 Å². The Morgan fingerprint density at radius 2 is 1.63 bits per heavy atom. The maximum absolute atomic E-state index is 5.36. The monoisotopic (exact) mass is 257 g/mol. The molecule has 0 aliphatic heterocycles. The molecule has 3 heteroatoms. The number of anilines is 1. The molecular formula is C16H19NO2. The highest BCUT2D eigenvalue weighted by atomic mass is 16.5. The maximum atomic E-state index is 5.36. The number of hydrogen-bond acceptors (Lipinski definition) is 3. The van der Waals surface area contributed by atoms with Crippen LogP contribution in [-0.4, -0.2) is 20.8 Å². The highest BCUT2D eigenvalue weighted by molar-refractivity contribution is 5.57. The first kappa shape index (κ1) is 13.4. The third-order valence-electron chi connectivity index (χ3n) is 2.97. The third-order valence-corrected chi connectivity index (χ3v) is 2.97. The first-order valence-electron chi connectivity index (χ1n) is 6.28. The van der Waals surface area contributed by atoms with E-state index in [-0.39, 0.29) is 6.04 Å². The average molecular weight is 257 g/mol. The summed E-state index contributed by atoms with van der Waals surface area (Å²) in [6.07, 6.45) is 0. The largest absolute Gasteiger partial charge is 0.495 e. The van der Waals surface area contributed by atoms with Crippen LogP contribution < -0.4 is 10.1 Å². The molecule has 1 unspecified atom stereocenters. The van der Waals surface area contributed by atoms with Gasteiger partial charge in [-0.2, -0.15) is 0 Å². The van der Waals surface area contributed by atoms with Crippen molar-refractivity contribution in [3.05, 3.63) is 60.2 Å². The summed E-state index contributed by atoms with van der Waals surface area (Å²) in [6.45, 7) is 0.599. The van der Waals surface area contributed by atoms with E-state index in [0.717, 1.165) is 11.4 Å². The zero-order chi connectivity index (χ0) is 13.5. The van der Waals surface area contributed by atoms with Gasteiger partial charge in [-0.3, -0.25) is 0 Å². The molecule has 2 aromatic rings. The molecule has 19 heavy (non-hydrogen) atoms. The summed E-state index contributed by atoms with van der Waals surface area (Å²) in [5.74, 6) is 0.833. The van der Waals surface area contributed by atoms with Gasteiger partial charge in [-0.05, 0) is 17.7 Å². The zero-order valence-electron chi connectivity index (χ0n) is 11.3. The van der Waals surface area contributed by atoms with Crippen LogP contribution in [0, 0.1) is 0 Å². The topological polar surface area (TPSA) is 30.5 Å². The molecule has 0 fully saturated rings. The molecule has 1 N–H and O–H groups in total. The summed E-state index contributed by atoms with van der Waals surface area (Å²) in [5.41, 5.74) is 2.16. The fraction of sp³-hybridized carbons (Fsp3) is 0.250. The predicted molar refractivity (Wildman–Crippen MR) is 77.7 cm³/mol. The summed E-state index contributed by atoms with van der Waals surface area (Å²) in [6, 6.07) is 18.2. The van der Waals surface area contributed by atoms with Crippen LogP contribution in [0.4, 0.5) is 5.69 Å². The van der Waals surface area contributed by atoms with Gasteiger partial charge in [0.05, 0.1) is 25.4 Å². The minimum atomic E-state index is 0.0995. The summed E-state index contributed by atoms with van der Waals surface area (Å²) >= 11 is 0. The van der Waals surface area contributed by atoms with E-state index in [4.69, 9.17) is 9.47 Å². The minimum absolute atomic E-state index is 0.0995. The van der Waals surface area contributed by atoms with E-state index in [1.807, 2.05) is 42.5 Å². The van der Waals surface area contributed by atoms with Crippen LogP contribution in [0.2, 0.25) is 0 Å². The summed E-state index contributed by atoms with van der Waals surface area (Å²) in [5, 5.41) is 3.47. The van der Waals surface area contributed by atoms with Crippen LogP contribution in [0.1, 0.15) is 11.6 Å². The van der Waals surface area contributed by atoms with E-state index in [0.29, 0.717) is 6.61 Å². The minimum Gasteiger partial charge on any atom is -0.495 e. The molecule has 0 saturated heterocycles. The van der Waals surface area contributed by atoms with E-state index < -0.39 is 0 Å². The second-order valence-corrected chi connectivity index (χ2v) is 4.26. The fourth-order valence-electron chi connectivity index (χ4n) is 2.02. The van der Waals surface area contributed by atoms with Crippen LogP contribution in [0.5, 0.6) is 5.75 Å². The molecule has 0 aliphatic carbocycles. The number of nitrogens with one attached hydrogen (secondary N) is 1. The molecule has 0 spiro atoms. The quantitative estimate of drug-likeness (QED) is 0.859. The van der Waals surface area contributed by atoms with E-state index in [1.165, 1.54) is 5.56 Å². The maximum Gasteiger partial charge on any atom is 0.141 e. The van der Waals surface area contributed by atoms with Crippen molar-refractivity contribution in [2.45, 2.75) is 6.04 Å². The van der Waals surface area contributed by atoms with Gasteiger partial charge in [-0.25, -0.2) is 0 Å². The van der Waals surface area contributed by atoms with E-state index in [9.17, 15) is 0 Å². The Morgan fingerprint density at radius 3 is 2.32 bits per heavy atom. The first-order chi connectivity index (χ1) is 9.35. The van der Waals surface area contributed by atoms with Gasteiger partial charge in [0.2, 0.25) is 0 Å². The van der Waals surface area contributed by atoms with Crippen molar-refractivity contribution in [2.75, 3.05) is 26.1 Å². The van der Waals surface area contributed by atoms with E-state index >= 15 is 0 Å². The lowest BCUT2D eigenvalue weighted by atomic mass is 10.1. The van der Waals surface area contributed by atoms with Gasteiger partial charge in [0.15, 0.2) is 0 Å². The molecule has 2 aromatic carbocycles. The van der Waals surface area contributed by atoms with Crippen LogP contribution in [0.15, 0.2) is 54.6 Å². The van der Waals surface area contributed by atoms with Crippen molar-refractivity contribution in [3.63, 3.8) is 0 Å². The summed E-state index contributed by atoms with van der Waals surface area (Å²) in [4.78, 5) is 0. The number of rotatable bonds is 6. The van der Waals surface area contributed by atoms with Gasteiger partial charge in [0.1, 0.15) is 5.75 Å². The lowest BCUT2D eigenvalue weighted by Gasteiger charge is -2.21.